The lowest BCUT2D eigenvalue weighted by atomic mass is 10.00. The summed E-state index contributed by atoms with van der Waals surface area (Å²) in [7, 11) is 0. The Morgan fingerprint density at radius 3 is 2.56 bits per heavy atom. The third-order valence-electron chi connectivity index (χ3n) is 4.69. The van der Waals surface area contributed by atoms with Crippen LogP contribution in [-0.2, 0) is 13.0 Å². The van der Waals surface area contributed by atoms with E-state index in [9.17, 15) is 4.79 Å². The van der Waals surface area contributed by atoms with Gasteiger partial charge in [0.1, 0.15) is 12.0 Å². The maximum atomic E-state index is 11.0. The van der Waals surface area contributed by atoms with Gasteiger partial charge in [0.15, 0.2) is 11.6 Å². The molecule has 2 aromatic carbocycles. The van der Waals surface area contributed by atoms with Crippen LogP contribution in [0.5, 0.6) is 0 Å². The minimum Gasteiger partial charge on any atom is -0.478 e. The quantitative estimate of drug-likeness (QED) is 0.656. The Morgan fingerprint density at radius 1 is 1.07 bits per heavy atom. The fourth-order valence-corrected chi connectivity index (χ4v) is 3.25. The minimum atomic E-state index is -0.962. The van der Waals surface area contributed by atoms with Gasteiger partial charge in [0.2, 0.25) is 0 Å². The van der Waals surface area contributed by atoms with Crippen LogP contribution in [-0.4, -0.2) is 27.6 Å². The van der Waals surface area contributed by atoms with E-state index in [2.05, 4.69) is 38.4 Å². The fraction of sp³-hybridized carbons (Fsp3) is 0.150. The smallest absolute Gasteiger partial charge is 0.335 e. The lowest BCUT2D eigenvalue weighted by Crippen LogP contribution is -2.31. The zero-order chi connectivity index (χ0) is 18.8. The van der Waals surface area contributed by atoms with Gasteiger partial charge in [-0.15, -0.1) is 0 Å². The number of nitrogen functional groups attached to an aromatic ring is 1. The molecule has 1 aliphatic heterocycles. The summed E-state index contributed by atoms with van der Waals surface area (Å²) in [5.74, 6) is 0.238. The fourth-order valence-electron chi connectivity index (χ4n) is 3.25. The Balaban J connectivity index is 1.57. The number of anilines is 4. The van der Waals surface area contributed by atoms with Crippen molar-refractivity contribution in [1.29, 1.82) is 0 Å². The average Bonchev–Trinajstić information content (AvgIpc) is 2.69. The Hall–Kier alpha value is -3.61. The van der Waals surface area contributed by atoms with Crippen molar-refractivity contribution in [2.45, 2.75) is 13.0 Å². The number of carbonyl (C=O) groups is 1. The number of rotatable bonds is 4. The number of carboxylic acid groups (broad SMARTS) is 1. The number of hydrogen-bond acceptors (Lipinski definition) is 6. The van der Waals surface area contributed by atoms with Crippen molar-refractivity contribution >= 4 is 29.0 Å². The second-order valence-corrected chi connectivity index (χ2v) is 6.41. The van der Waals surface area contributed by atoms with Crippen molar-refractivity contribution in [1.82, 2.24) is 9.97 Å². The molecule has 0 saturated heterocycles. The number of fused-ring (bicyclic) bond motifs is 1. The molecule has 0 saturated carbocycles. The maximum Gasteiger partial charge on any atom is 0.335 e. The highest BCUT2D eigenvalue weighted by atomic mass is 16.4. The van der Waals surface area contributed by atoms with Gasteiger partial charge in [0.25, 0.3) is 0 Å². The van der Waals surface area contributed by atoms with E-state index in [1.165, 1.54) is 29.6 Å². The Kier molecular flexibility index (Phi) is 4.33. The first-order valence-electron chi connectivity index (χ1n) is 8.64. The van der Waals surface area contributed by atoms with Crippen LogP contribution in [0.2, 0.25) is 0 Å². The summed E-state index contributed by atoms with van der Waals surface area (Å²) in [6.07, 6.45) is 2.43. The molecule has 136 valence electrons. The molecule has 0 unspecified atom stereocenters. The molecule has 0 fully saturated rings. The van der Waals surface area contributed by atoms with Crippen molar-refractivity contribution in [2.24, 2.45) is 0 Å². The number of benzene rings is 2. The summed E-state index contributed by atoms with van der Waals surface area (Å²) in [6.45, 7) is 1.59. The highest BCUT2D eigenvalue weighted by Gasteiger charge is 2.20. The van der Waals surface area contributed by atoms with Gasteiger partial charge in [-0.3, -0.25) is 0 Å². The van der Waals surface area contributed by atoms with E-state index in [0.29, 0.717) is 23.0 Å². The number of nitrogens with one attached hydrogen (secondary N) is 1. The van der Waals surface area contributed by atoms with E-state index < -0.39 is 5.97 Å². The highest BCUT2D eigenvalue weighted by molar-refractivity contribution is 5.88. The van der Waals surface area contributed by atoms with E-state index in [1.54, 1.807) is 12.1 Å². The number of nitrogens with zero attached hydrogens (tertiary/aromatic N) is 3. The van der Waals surface area contributed by atoms with Crippen LogP contribution < -0.4 is 16.0 Å². The first-order chi connectivity index (χ1) is 13.1. The van der Waals surface area contributed by atoms with Gasteiger partial charge in [0.05, 0.1) is 5.56 Å². The molecular weight excluding hydrogens is 342 g/mol. The summed E-state index contributed by atoms with van der Waals surface area (Å²) in [6, 6.07) is 14.8. The molecule has 0 amide bonds. The Bertz CT molecular complexity index is 988. The third-order valence-corrected chi connectivity index (χ3v) is 4.69. The molecule has 3 aromatic rings. The third kappa shape index (κ3) is 3.39. The lowest BCUT2D eigenvalue weighted by molar-refractivity contribution is 0.0697. The van der Waals surface area contributed by atoms with Crippen molar-refractivity contribution in [3.63, 3.8) is 0 Å². The first kappa shape index (κ1) is 16.8. The van der Waals surface area contributed by atoms with E-state index in [0.717, 1.165) is 19.5 Å². The zero-order valence-corrected chi connectivity index (χ0v) is 14.6. The normalized spacial score (nSPS) is 13.1. The Labute approximate surface area is 156 Å². The van der Waals surface area contributed by atoms with Crippen LogP contribution >= 0.6 is 0 Å². The molecule has 0 radical (unpaired) electrons. The van der Waals surface area contributed by atoms with Gasteiger partial charge in [-0.2, -0.15) is 0 Å². The van der Waals surface area contributed by atoms with Crippen molar-refractivity contribution in [3.05, 3.63) is 71.5 Å². The highest BCUT2D eigenvalue weighted by Crippen LogP contribution is 2.31. The predicted octanol–water partition coefficient (Wildman–Crippen LogP) is 3.06. The van der Waals surface area contributed by atoms with Crippen LogP contribution in [0.3, 0.4) is 0 Å². The predicted molar refractivity (Wildman–Crippen MR) is 104 cm³/mol. The summed E-state index contributed by atoms with van der Waals surface area (Å²) < 4.78 is 0. The van der Waals surface area contributed by atoms with Crippen LogP contribution in [0.1, 0.15) is 21.5 Å². The summed E-state index contributed by atoms with van der Waals surface area (Å²) in [4.78, 5) is 21.7. The van der Waals surface area contributed by atoms with E-state index >= 15 is 0 Å². The topological polar surface area (TPSA) is 104 Å². The molecule has 1 aromatic heterocycles. The van der Waals surface area contributed by atoms with Gasteiger partial charge in [0, 0.05) is 18.8 Å². The average molecular weight is 361 g/mol. The minimum absolute atomic E-state index is 0.226. The summed E-state index contributed by atoms with van der Waals surface area (Å²) in [5, 5.41) is 12.1. The summed E-state index contributed by atoms with van der Waals surface area (Å²) >= 11 is 0. The van der Waals surface area contributed by atoms with Crippen molar-refractivity contribution in [2.75, 3.05) is 22.5 Å². The molecule has 4 N–H and O–H groups in total. The van der Waals surface area contributed by atoms with Gasteiger partial charge >= 0.3 is 5.97 Å². The van der Waals surface area contributed by atoms with Gasteiger partial charge in [-0.1, -0.05) is 24.3 Å². The number of hydrogen-bond donors (Lipinski definition) is 3. The molecule has 7 heteroatoms. The monoisotopic (exact) mass is 361 g/mol. The Morgan fingerprint density at radius 2 is 1.81 bits per heavy atom. The molecule has 0 spiro atoms. The van der Waals surface area contributed by atoms with Crippen LogP contribution in [0, 0.1) is 0 Å². The molecule has 4 rings (SSSR count). The number of aromatic carboxylic acids is 1. The molecule has 27 heavy (non-hydrogen) atoms. The van der Waals surface area contributed by atoms with E-state index in [1.807, 2.05) is 6.07 Å². The molecule has 7 nitrogen and oxygen atoms in total. The molecular formula is C20H19N5O2. The van der Waals surface area contributed by atoms with Gasteiger partial charge < -0.3 is 21.1 Å². The van der Waals surface area contributed by atoms with Crippen molar-refractivity contribution < 1.29 is 9.90 Å². The van der Waals surface area contributed by atoms with Gasteiger partial charge in [-0.25, -0.2) is 14.8 Å². The molecule has 2 heterocycles. The van der Waals surface area contributed by atoms with Crippen LogP contribution in [0.15, 0.2) is 54.9 Å². The largest absolute Gasteiger partial charge is 0.478 e. The van der Waals surface area contributed by atoms with Crippen LogP contribution in [0.25, 0.3) is 0 Å². The number of nitrogens with two attached hydrogens (primary N) is 1. The lowest BCUT2D eigenvalue weighted by Gasteiger charge is -2.30. The van der Waals surface area contributed by atoms with E-state index in [4.69, 9.17) is 10.8 Å². The number of aromatic nitrogens is 2. The SMILES string of the molecule is Nc1c(Nc2ccc(C(=O)O)cc2)ncnc1N1CCc2ccccc2C1. The molecule has 0 bridgehead atoms. The molecule has 1 aliphatic rings. The second-order valence-electron chi connectivity index (χ2n) is 6.41. The second kappa shape index (κ2) is 6.95. The summed E-state index contributed by atoms with van der Waals surface area (Å²) in [5.41, 5.74) is 10.4. The first-order valence-corrected chi connectivity index (χ1v) is 8.64. The van der Waals surface area contributed by atoms with Crippen molar-refractivity contribution in [3.8, 4) is 0 Å². The maximum absolute atomic E-state index is 11.0. The zero-order valence-electron chi connectivity index (χ0n) is 14.6. The molecule has 0 atom stereocenters. The van der Waals surface area contributed by atoms with Crippen LogP contribution in [0.4, 0.5) is 23.0 Å². The van der Waals surface area contributed by atoms with E-state index in [-0.39, 0.29) is 5.56 Å². The van der Waals surface area contributed by atoms with Gasteiger partial charge in [-0.05, 0) is 41.8 Å². The molecule has 0 aliphatic carbocycles. The standard InChI is InChI=1S/C20H19N5O2/c21-17-18(24-16-7-5-14(6-8-16)20(26)27)22-12-23-19(17)25-10-9-13-3-1-2-4-15(13)11-25/h1-8,12H,9-11,21H2,(H,26,27)(H,22,23,24). The number of carboxylic acids is 1.